The molecule has 1 unspecified atom stereocenters. The number of amides is 2. The average Bonchev–Trinajstić information content (AvgIpc) is 3.30. The van der Waals surface area contributed by atoms with Crippen LogP contribution in [-0.2, 0) is 16.1 Å². The maximum Gasteiger partial charge on any atom is 0.243 e. The topological polar surface area (TPSA) is 82.5 Å². The van der Waals surface area contributed by atoms with E-state index in [1.54, 1.807) is 16.2 Å². The fraction of sp³-hybridized carbons (Fsp3) is 0.522. The van der Waals surface area contributed by atoms with Crippen LogP contribution >= 0.6 is 11.3 Å². The van der Waals surface area contributed by atoms with Gasteiger partial charge in [-0.05, 0) is 23.5 Å². The van der Waals surface area contributed by atoms with Crippen molar-refractivity contribution in [1.29, 1.82) is 0 Å². The second-order valence-corrected chi connectivity index (χ2v) is 10.0. The molecule has 30 heavy (non-hydrogen) atoms. The molecule has 1 fully saturated rings. The monoisotopic (exact) mass is 429 g/mol. The lowest BCUT2D eigenvalue weighted by molar-refractivity contribution is -0.144. The van der Waals surface area contributed by atoms with Crippen molar-refractivity contribution < 1.29 is 14.7 Å². The Morgan fingerprint density at radius 1 is 1.30 bits per heavy atom. The molecule has 3 rings (SSSR count). The molecule has 1 saturated heterocycles. The minimum absolute atomic E-state index is 0.0801. The molecule has 162 valence electrons. The van der Waals surface area contributed by atoms with Crippen molar-refractivity contribution in [1.82, 2.24) is 15.2 Å². The molecule has 1 aliphatic heterocycles. The van der Waals surface area contributed by atoms with Gasteiger partial charge in [0.2, 0.25) is 11.8 Å². The Kier molecular flexibility index (Phi) is 6.62. The van der Waals surface area contributed by atoms with Crippen LogP contribution in [0.25, 0.3) is 10.4 Å². The van der Waals surface area contributed by atoms with Crippen LogP contribution in [0, 0.1) is 18.3 Å². The lowest BCUT2D eigenvalue weighted by Crippen LogP contribution is -2.49. The molecule has 2 heterocycles. The fourth-order valence-corrected chi connectivity index (χ4v) is 4.40. The van der Waals surface area contributed by atoms with E-state index in [0.717, 1.165) is 21.7 Å². The molecule has 0 spiro atoms. The van der Waals surface area contributed by atoms with Crippen LogP contribution in [0.2, 0.25) is 0 Å². The molecule has 3 atom stereocenters. The van der Waals surface area contributed by atoms with Crippen LogP contribution in [0.4, 0.5) is 0 Å². The minimum atomic E-state index is -0.668. The lowest BCUT2D eigenvalue weighted by atomic mass is 9.81. The molecule has 0 radical (unpaired) electrons. The average molecular weight is 430 g/mol. The first kappa shape index (κ1) is 22.4. The number of aliphatic hydroxyl groups is 1. The zero-order valence-corrected chi connectivity index (χ0v) is 19.1. The van der Waals surface area contributed by atoms with E-state index in [0.29, 0.717) is 6.54 Å². The summed E-state index contributed by atoms with van der Waals surface area (Å²) in [5.74, 6) is -0.535. The minimum Gasteiger partial charge on any atom is -0.391 e. The zero-order chi connectivity index (χ0) is 22.1. The van der Waals surface area contributed by atoms with Crippen molar-refractivity contribution >= 4 is 23.2 Å². The SMILES string of the molecule is Cc1ncsc1-c1ccc(CNC(=O)[C@@H]2CC(O)CN2C(=O)[C@@H](C)C(C)(C)C)cc1. The molecule has 0 aliphatic carbocycles. The molecule has 6 nitrogen and oxygen atoms in total. The molecular weight excluding hydrogens is 398 g/mol. The van der Waals surface area contributed by atoms with Gasteiger partial charge in [0.1, 0.15) is 6.04 Å². The summed E-state index contributed by atoms with van der Waals surface area (Å²) in [5, 5.41) is 13.0. The van der Waals surface area contributed by atoms with Crippen molar-refractivity contribution in [3.63, 3.8) is 0 Å². The summed E-state index contributed by atoms with van der Waals surface area (Å²) in [7, 11) is 0. The summed E-state index contributed by atoms with van der Waals surface area (Å²) in [6.45, 7) is 10.5. The Morgan fingerprint density at radius 2 is 1.97 bits per heavy atom. The maximum atomic E-state index is 12.9. The summed E-state index contributed by atoms with van der Waals surface area (Å²) in [6, 6.07) is 7.41. The second-order valence-electron chi connectivity index (χ2n) is 9.17. The molecule has 0 bridgehead atoms. The van der Waals surface area contributed by atoms with Gasteiger partial charge >= 0.3 is 0 Å². The number of thiazole rings is 1. The van der Waals surface area contributed by atoms with E-state index < -0.39 is 12.1 Å². The molecule has 2 amide bonds. The van der Waals surface area contributed by atoms with E-state index in [1.807, 2.05) is 64.4 Å². The number of rotatable bonds is 5. The summed E-state index contributed by atoms with van der Waals surface area (Å²) < 4.78 is 0. The number of likely N-dealkylation sites (tertiary alicyclic amines) is 1. The molecule has 1 aromatic carbocycles. The van der Waals surface area contributed by atoms with Crippen molar-refractivity contribution in [3.8, 4) is 10.4 Å². The highest BCUT2D eigenvalue weighted by atomic mass is 32.1. The third-order valence-electron chi connectivity index (χ3n) is 5.96. The van der Waals surface area contributed by atoms with Gasteiger partial charge in [-0.1, -0.05) is 52.0 Å². The Balaban J connectivity index is 1.63. The van der Waals surface area contributed by atoms with E-state index in [-0.39, 0.29) is 36.1 Å². The van der Waals surface area contributed by atoms with Gasteiger partial charge in [0.05, 0.1) is 22.2 Å². The third kappa shape index (κ3) is 4.90. The first-order chi connectivity index (χ1) is 14.1. The van der Waals surface area contributed by atoms with Gasteiger partial charge in [-0.3, -0.25) is 9.59 Å². The number of hydrogen-bond donors (Lipinski definition) is 2. The van der Waals surface area contributed by atoms with Gasteiger partial charge < -0.3 is 15.3 Å². The van der Waals surface area contributed by atoms with Gasteiger partial charge in [0.25, 0.3) is 0 Å². The summed E-state index contributed by atoms with van der Waals surface area (Å²) in [6.07, 6.45) is -0.392. The Labute approximate surface area is 182 Å². The fourth-order valence-electron chi connectivity index (χ4n) is 3.58. The van der Waals surface area contributed by atoms with E-state index in [1.165, 1.54) is 0 Å². The maximum absolute atomic E-state index is 12.9. The summed E-state index contributed by atoms with van der Waals surface area (Å²) in [4.78, 5) is 32.7. The first-order valence-electron chi connectivity index (χ1n) is 10.3. The zero-order valence-electron chi connectivity index (χ0n) is 18.3. The van der Waals surface area contributed by atoms with Crippen molar-refractivity contribution in [2.45, 2.75) is 59.7 Å². The van der Waals surface area contributed by atoms with Gasteiger partial charge in [0.15, 0.2) is 0 Å². The standard InChI is InChI=1S/C23H31N3O3S/c1-14(23(3,4)5)22(29)26-12-18(27)10-19(26)21(28)24-11-16-6-8-17(9-7-16)20-15(2)25-13-30-20/h6-9,13-14,18-19,27H,10-12H2,1-5H3,(H,24,28)/t14-,18?,19+/m1/s1. The quantitative estimate of drug-likeness (QED) is 0.763. The molecule has 2 aromatic rings. The predicted octanol–water partition coefficient (Wildman–Crippen LogP) is 3.38. The van der Waals surface area contributed by atoms with Gasteiger partial charge in [-0.15, -0.1) is 11.3 Å². The molecule has 1 aliphatic rings. The van der Waals surface area contributed by atoms with E-state index in [2.05, 4.69) is 10.3 Å². The number of hydrogen-bond acceptors (Lipinski definition) is 5. The molecule has 7 heteroatoms. The van der Waals surface area contributed by atoms with Gasteiger partial charge in [-0.25, -0.2) is 4.98 Å². The largest absolute Gasteiger partial charge is 0.391 e. The third-order valence-corrected chi connectivity index (χ3v) is 6.94. The summed E-state index contributed by atoms with van der Waals surface area (Å²) >= 11 is 1.61. The van der Waals surface area contributed by atoms with Gasteiger partial charge in [-0.2, -0.15) is 0 Å². The first-order valence-corrected chi connectivity index (χ1v) is 11.2. The number of aryl methyl sites for hydroxylation is 1. The highest BCUT2D eigenvalue weighted by Crippen LogP contribution is 2.30. The molecule has 1 aromatic heterocycles. The smallest absolute Gasteiger partial charge is 0.243 e. The number of nitrogens with one attached hydrogen (secondary N) is 1. The van der Waals surface area contributed by atoms with Crippen molar-refractivity contribution in [2.24, 2.45) is 11.3 Å². The number of β-amino-alcohol motifs (C(OH)–C–C–N with tert-alkyl or cyclic N) is 1. The summed E-state index contributed by atoms with van der Waals surface area (Å²) in [5.41, 5.74) is 4.73. The number of benzene rings is 1. The number of aliphatic hydroxyl groups excluding tert-OH is 1. The predicted molar refractivity (Wildman–Crippen MR) is 119 cm³/mol. The molecule has 0 saturated carbocycles. The van der Waals surface area contributed by atoms with E-state index in [9.17, 15) is 14.7 Å². The number of aromatic nitrogens is 1. The van der Waals surface area contributed by atoms with E-state index in [4.69, 9.17) is 0 Å². The van der Waals surface area contributed by atoms with Crippen LogP contribution in [0.1, 0.15) is 45.4 Å². The highest BCUT2D eigenvalue weighted by Gasteiger charge is 2.42. The van der Waals surface area contributed by atoms with Crippen LogP contribution in [0.3, 0.4) is 0 Å². The van der Waals surface area contributed by atoms with Crippen molar-refractivity contribution in [2.75, 3.05) is 6.54 Å². The molecule has 2 N–H and O–H groups in total. The van der Waals surface area contributed by atoms with Gasteiger partial charge in [0, 0.05) is 25.4 Å². The van der Waals surface area contributed by atoms with Crippen LogP contribution in [-0.4, -0.2) is 45.5 Å². The number of carbonyl (C=O) groups is 2. The van der Waals surface area contributed by atoms with Crippen molar-refractivity contribution in [3.05, 3.63) is 41.0 Å². The second kappa shape index (κ2) is 8.86. The van der Waals surface area contributed by atoms with E-state index >= 15 is 0 Å². The Bertz CT molecular complexity index is 901. The van der Waals surface area contributed by atoms with Crippen LogP contribution < -0.4 is 5.32 Å². The highest BCUT2D eigenvalue weighted by molar-refractivity contribution is 7.13. The van der Waals surface area contributed by atoms with Crippen LogP contribution in [0.15, 0.2) is 29.8 Å². The Hall–Kier alpha value is -2.25. The van der Waals surface area contributed by atoms with Crippen LogP contribution in [0.5, 0.6) is 0 Å². The Morgan fingerprint density at radius 3 is 2.53 bits per heavy atom. The lowest BCUT2D eigenvalue weighted by Gasteiger charge is -2.32. The normalized spacial score (nSPS) is 20.3. The molecular formula is C23H31N3O3S. The number of nitrogens with zero attached hydrogens (tertiary/aromatic N) is 2. The number of carbonyl (C=O) groups excluding carboxylic acids is 2.